The Balaban J connectivity index is 3.28. The van der Waals surface area contributed by atoms with Crippen molar-refractivity contribution < 1.29 is 8.78 Å². The maximum Gasteiger partial charge on any atom is 0.266 e. The summed E-state index contributed by atoms with van der Waals surface area (Å²) in [5, 5.41) is 0. The second-order valence-corrected chi connectivity index (χ2v) is 3.87. The van der Waals surface area contributed by atoms with Crippen molar-refractivity contribution in [2.75, 3.05) is 5.73 Å². The number of nitrogen functional groups attached to an aromatic ring is 1. The Labute approximate surface area is 89.8 Å². The average molecular weight is 349 g/mol. The van der Waals surface area contributed by atoms with E-state index in [4.69, 9.17) is 5.73 Å². The molecule has 0 bridgehead atoms. The molecule has 0 radical (unpaired) electrons. The van der Waals surface area contributed by atoms with Crippen molar-refractivity contribution in [3.8, 4) is 0 Å². The molecule has 0 atom stereocenters. The first-order chi connectivity index (χ1) is 5.52. The molecule has 0 fully saturated rings. The molecule has 12 heavy (non-hydrogen) atoms. The van der Waals surface area contributed by atoms with Crippen LogP contribution in [0.5, 0.6) is 0 Å². The summed E-state index contributed by atoms with van der Waals surface area (Å²) in [7, 11) is 0. The zero-order valence-corrected chi connectivity index (χ0v) is 9.43. The monoisotopic (exact) mass is 348 g/mol. The van der Waals surface area contributed by atoms with Gasteiger partial charge in [0.15, 0.2) is 0 Å². The van der Waals surface area contributed by atoms with Crippen LogP contribution < -0.4 is 5.73 Å². The molecule has 2 nitrogen and oxygen atoms in total. The summed E-state index contributed by atoms with van der Waals surface area (Å²) in [4.78, 5) is 3.86. The molecule has 6 heteroatoms. The van der Waals surface area contributed by atoms with Crippen LogP contribution in [0, 0.1) is 3.70 Å². The molecule has 0 aliphatic heterocycles. The molecular formula is C6H4BrF2IN2. The first-order valence-corrected chi connectivity index (χ1v) is 4.79. The van der Waals surface area contributed by atoms with Crippen molar-refractivity contribution >= 4 is 44.2 Å². The molecule has 2 N–H and O–H groups in total. The lowest BCUT2D eigenvalue weighted by molar-refractivity contribution is 0.152. The van der Waals surface area contributed by atoms with E-state index in [0.717, 1.165) is 0 Å². The molecule has 0 aliphatic rings. The molecule has 0 saturated carbocycles. The minimum absolute atomic E-state index is 0.0498. The highest BCUT2D eigenvalue weighted by atomic mass is 127. The van der Waals surface area contributed by atoms with Gasteiger partial charge in [0.25, 0.3) is 6.43 Å². The number of aromatic nitrogens is 1. The molecule has 66 valence electrons. The minimum atomic E-state index is -2.56. The highest BCUT2D eigenvalue weighted by Gasteiger charge is 2.14. The standard InChI is InChI=1S/C6H4BrF2IN2/c7-3-1-2(5(8)9)4(11)6(10)12-3/h1,5H,11H2. The summed E-state index contributed by atoms with van der Waals surface area (Å²) >= 11 is 4.82. The van der Waals surface area contributed by atoms with Crippen LogP contribution in [0.2, 0.25) is 0 Å². The number of rotatable bonds is 1. The van der Waals surface area contributed by atoms with Crippen LogP contribution in [0.15, 0.2) is 10.7 Å². The number of hydrogen-bond acceptors (Lipinski definition) is 2. The van der Waals surface area contributed by atoms with E-state index in [1.54, 1.807) is 0 Å². The van der Waals surface area contributed by atoms with Crippen molar-refractivity contribution in [2.24, 2.45) is 0 Å². The second kappa shape index (κ2) is 3.82. The van der Waals surface area contributed by atoms with Crippen LogP contribution >= 0.6 is 38.5 Å². The molecule has 1 aromatic heterocycles. The second-order valence-electron chi connectivity index (χ2n) is 2.04. The predicted octanol–water partition coefficient (Wildman–Crippen LogP) is 2.97. The van der Waals surface area contributed by atoms with Crippen LogP contribution in [0.1, 0.15) is 12.0 Å². The number of pyridine rings is 1. The third-order valence-corrected chi connectivity index (χ3v) is 2.48. The van der Waals surface area contributed by atoms with Crippen LogP contribution in [-0.2, 0) is 0 Å². The summed E-state index contributed by atoms with van der Waals surface area (Å²) in [6.07, 6.45) is -2.56. The number of anilines is 1. The fourth-order valence-electron chi connectivity index (χ4n) is 0.692. The summed E-state index contributed by atoms with van der Waals surface area (Å²) < 4.78 is 25.3. The first-order valence-electron chi connectivity index (χ1n) is 2.92. The highest BCUT2D eigenvalue weighted by molar-refractivity contribution is 14.1. The van der Waals surface area contributed by atoms with Crippen LogP contribution in [0.4, 0.5) is 14.5 Å². The molecule has 1 heterocycles. The van der Waals surface area contributed by atoms with Gasteiger partial charge in [0.05, 0.1) is 5.69 Å². The summed E-state index contributed by atoms with van der Waals surface area (Å²) in [5.74, 6) is 0. The van der Waals surface area contributed by atoms with Gasteiger partial charge in [0, 0.05) is 5.56 Å². The molecule has 0 aromatic carbocycles. The average Bonchev–Trinajstić information content (AvgIpc) is 1.96. The van der Waals surface area contributed by atoms with Crippen molar-refractivity contribution in [3.63, 3.8) is 0 Å². The summed E-state index contributed by atoms with van der Waals surface area (Å²) in [6, 6.07) is 1.22. The summed E-state index contributed by atoms with van der Waals surface area (Å²) in [5.41, 5.74) is 5.25. The molecule has 1 rings (SSSR count). The molecule has 0 saturated heterocycles. The van der Waals surface area contributed by atoms with Gasteiger partial charge in [-0.05, 0) is 44.6 Å². The Hall–Kier alpha value is 0.0200. The van der Waals surface area contributed by atoms with Crippen molar-refractivity contribution in [2.45, 2.75) is 6.43 Å². The van der Waals surface area contributed by atoms with Gasteiger partial charge in [-0.25, -0.2) is 13.8 Å². The molecule has 0 unspecified atom stereocenters. The van der Waals surface area contributed by atoms with Crippen LogP contribution in [0.3, 0.4) is 0 Å². The SMILES string of the molecule is Nc1c(C(F)F)cc(Br)nc1I. The van der Waals surface area contributed by atoms with Gasteiger partial charge in [-0.2, -0.15) is 0 Å². The maximum absolute atomic E-state index is 12.3. The normalized spacial score (nSPS) is 10.8. The van der Waals surface area contributed by atoms with Gasteiger partial charge >= 0.3 is 0 Å². The smallest absolute Gasteiger partial charge is 0.266 e. The number of nitrogens with zero attached hydrogens (tertiary/aromatic N) is 1. The Morgan fingerprint density at radius 3 is 2.67 bits per heavy atom. The van der Waals surface area contributed by atoms with E-state index in [-0.39, 0.29) is 11.3 Å². The highest BCUT2D eigenvalue weighted by Crippen LogP contribution is 2.29. The number of nitrogens with two attached hydrogens (primary N) is 1. The lowest BCUT2D eigenvalue weighted by Gasteiger charge is -2.05. The van der Waals surface area contributed by atoms with E-state index in [1.807, 2.05) is 22.6 Å². The van der Waals surface area contributed by atoms with E-state index in [0.29, 0.717) is 8.30 Å². The zero-order valence-electron chi connectivity index (χ0n) is 5.69. The van der Waals surface area contributed by atoms with E-state index >= 15 is 0 Å². The maximum atomic E-state index is 12.3. The van der Waals surface area contributed by atoms with Gasteiger partial charge in [0.2, 0.25) is 0 Å². The van der Waals surface area contributed by atoms with Gasteiger partial charge in [0.1, 0.15) is 8.30 Å². The van der Waals surface area contributed by atoms with E-state index in [1.165, 1.54) is 6.07 Å². The lowest BCUT2D eigenvalue weighted by Crippen LogP contribution is -2.00. The minimum Gasteiger partial charge on any atom is -0.396 e. The summed E-state index contributed by atoms with van der Waals surface area (Å²) in [6.45, 7) is 0. The van der Waals surface area contributed by atoms with Crippen LogP contribution in [0.25, 0.3) is 0 Å². The topological polar surface area (TPSA) is 38.9 Å². The molecule has 0 amide bonds. The van der Waals surface area contributed by atoms with Crippen molar-refractivity contribution in [3.05, 3.63) is 19.9 Å². The molecule has 0 aliphatic carbocycles. The Bertz CT molecular complexity index is 306. The van der Waals surface area contributed by atoms with E-state index in [9.17, 15) is 8.78 Å². The van der Waals surface area contributed by atoms with Gasteiger partial charge in [-0.15, -0.1) is 0 Å². The molecular weight excluding hydrogens is 345 g/mol. The first kappa shape index (κ1) is 10.1. The number of hydrogen-bond donors (Lipinski definition) is 1. The Morgan fingerprint density at radius 1 is 1.58 bits per heavy atom. The van der Waals surface area contributed by atoms with E-state index < -0.39 is 6.43 Å². The third-order valence-electron chi connectivity index (χ3n) is 1.25. The Morgan fingerprint density at radius 2 is 2.17 bits per heavy atom. The van der Waals surface area contributed by atoms with Gasteiger partial charge in [-0.3, -0.25) is 0 Å². The largest absolute Gasteiger partial charge is 0.396 e. The third kappa shape index (κ3) is 2.03. The molecule has 0 spiro atoms. The van der Waals surface area contributed by atoms with Gasteiger partial charge in [-0.1, -0.05) is 0 Å². The predicted molar refractivity (Wildman–Crippen MR) is 54.0 cm³/mol. The van der Waals surface area contributed by atoms with Crippen molar-refractivity contribution in [1.82, 2.24) is 4.98 Å². The van der Waals surface area contributed by atoms with Crippen molar-refractivity contribution in [1.29, 1.82) is 0 Å². The quantitative estimate of drug-likeness (QED) is 0.626. The van der Waals surface area contributed by atoms with Gasteiger partial charge < -0.3 is 5.73 Å². The fourth-order valence-corrected chi connectivity index (χ4v) is 2.02. The van der Waals surface area contributed by atoms with Crippen LogP contribution in [-0.4, -0.2) is 4.98 Å². The zero-order chi connectivity index (χ0) is 9.30. The number of halogens is 4. The Kier molecular flexibility index (Phi) is 3.22. The fraction of sp³-hybridized carbons (Fsp3) is 0.167. The number of alkyl halides is 2. The molecule has 1 aromatic rings. The van der Waals surface area contributed by atoms with E-state index in [2.05, 4.69) is 20.9 Å². The lowest BCUT2D eigenvalue weighted by atomic mass is 10.2.